The monoisotopic (exact) mass is 926 g/mol. The van der Waals surface area contributed by atoms with E-state index in [1.807, 2.05) is 42.7 Å². The van der Waals surface area contributed by atoms with Gasteiger partial charge in [0.15, 0.2) is 5.82 Å². The SMILES string of the molecule is CCN(C)S(=O)(=O)Nc1cccc(-c2nc(C(C)(C)C)sc2-c2ccnc(Nc3ccc(N4CCN(C(=O)CN5CCc6cc(C7CCC(=O)NC7=O)ccc6C5)CC4)c(F)c3)n2)c1F. The molecule has 15 nitrogen and oxygen atoms in total. The molecule has 0 spiro atoms. The van der Waals surface area contributed by atoms with Crippen LogP contribution < -0.4 is 20.3 Å². The first-order chi connectivity index (χ1) is 31.0. The van der Waals surface area contributed by atoms with Gasteiger partial charge in [0.05, 0.1) is 45.1 Å². The molecule has 3 amide bonds. The van der Waals surface area contributed by atoms with E-state index in [9.17, 15) is 22.8 Å². The largest absolute Gasteiger partial charge is 0.366 e. The number of amides is 3. The third-order valence-electron chi connectivity index (χ3n) is 12.0. The summed E-state index contributed by atoms with van der Waals surface area (Å²) in [7, 11) is -2.60. The number of hydrogen-bond acceptors (Lipinski definition) is 12. The third-order valence-corrected chi connectivity index (χ3v) is 15.1. The van der Waals surface area contributed by atoms with Crippen LogP contribution in [0.5, 0.6) is 0 Å². The lowest BCUT2D eigenvalue weighted by atomic mass is 9.87. The molecular weight excluding hydrogens is 875 g/mol. The lowest BCUT2D eigenvalue weighted by Crippen LogP contribution is -2.51. The van der Waals surface area contributed by atoms with E-state index in [4.69, 9.17) is 9.97 Å². The van der Waals surface area contributed by atoms with E-state index in [-0.39, 0.29) is 53.9 Å². The topological polar surface area (TPSA) is 173 Å². The summed E-state index contributed by atoms with van der Waals surface area (Å²) in [5.74, 6) is -1.83. The summed E-state index contributed by atoms with van der Waals surface area (Å²) in [6.45, 7) is 11.3. The highest BCUT2D eigenvalue weighted by molar-refractivity contribution is 7.90. The number of rotatable bonds is 12. The summed E-state index contributed by atoms with van der Waals surface area (Å²) >= 11 is 1.35. The van der Waals surface area contributed by atoms with Gasteiger partial charge in [-0.15, -0.1) is 11.3 Å². The molecule has 3 N–H and O–H groups in total. The molecule has 2 aromatic heterocycles. The normalized spacial score (nSPS) is 17.3. The number of nitrogens with one attached hydrogen (secondary N) is 3. The van der Waals surface area contributed by atoms with Crippen molar-refractivity contribution in [2.45, 2.75) is 64.8 Å². The second-order valence-corrected chi connectivity index (χ2v) is 20.3. The highest BCUT2D eigenvalue weighted by Crippen LogP contribution is 2.42. The van der Waals surface area contributed by atoms with Gasteiger partial charge in [0.2, 0.25) is 23.7 Å². The number of piperidine rings is 1. The third kappa shape index (κ3) is 10.0. The maximum atomic E-state index is 16.2. The molecule has 1 atom stereocenters. The van der Waals surface area contributed by atoms with Gasteiger partial charge in [-0.3, -0.25) is 29.3 Å². The number of carbonyl (C=O) groups is 3. The Kier molecular flexibility index (Phi) is 13.0. The van der Waals surface area contributed by atoms with Gasteiger partial charge in [0.1, 0.15) is 5.82 Å². The minimum atomic E-state index is -4.00. The van der Waals surface area contributed by atoms with Crippen LogP contribution >= 0.6 is 11.3 Å². The van der Waals surface area contributed by atoms with Gasteiger partial charge in [-0.05, 0) is 65.9 Å². The number of hydrogen-bond donors (Lipinski definition) is 3. The molecule has 0 radical (unpaired) electrons. The number of imide groups is 1. The van der Waals surface area contributed by atoms with Gasteiger partial charge in [0, 0.05) is 82.1 Å². The molecule has 3 aliphatic heterocycles. The highest BCUT2D eigenvalue weighted by Gasteiger charge is 2.31. The Morgan fingerprint density at radius 2 is 1.75 bits per heavy atom. The van der Waals surface area contributed by atoms with Crippen LogP contribution in [0.25, 0.3) is 21.8 Å². The van der Waals surface area contributed by atoms with Crippen molar-refractivity contribution < 1.29 is 31.6 Å². The van der Waals surface area contributed by atoms with Crippen molar-refractivity contribution in [2.24, 2.45) is 0 Å². The lowest BCUT2D eigenvalue weighted by Gasteiger charge is -2.37. The second-order valence-electron chi connectivity index (χ2n) is 17.6. The Morgan fingerprint density at radius 3 is 2.48 bits per heavy atom. The number of fused-ring (bicyclic) bond motifs is 1. The van der Waals surface area contributed by atoms with E-state index >= 15 is 8.78 Å². The van der Waals surface area contributed by atoms with Crippen molar-refractivity contribution in [2.75, 3.05) is 67.8 Å². The predicted molar refractivity (Wildman–Crippen MR) is 247 cm³/mol. The number of anilines is 4. The number of thiazole rings is 1. The van der Waals surface area contributed by atoms with Crippen molar-refractivity contribution >= 4 is 62.3 Å². The molecule has 8 rings (SSSR count). The molecule has 0 bridgehead atoms. The maximum absolute atomic E-state index is 16.2. The fourth-order valence-corrected chi connectivity index (χ4v) is 10.2. The van der Waals surface area contributed by atoms with E-state index in [1.165, 1.54) is 30.5 Å². The molecule has 342 valence electrons. The van der Waals surface area contributed by atoms with Gasteiger partial charge >= 0.3 is 10.2 Å². The Morgan fingerprint density at radius 1 is 0.969 bits per heavy atom. The smallest absolute Gasteiger partial charge is 0.301 e. The standard InChI is InChI=1S/C46H52F2N10O5S2/c1-6-55(5)65(62,63)54-35-9-7-8-33(40(35)48)41-42(64-44(53-41)46(2,3)4)36-16-18-49-45(51-36)50-31-12-14-37(34(47)25-31)57-20-22-58(23-21-57)39(60)27-56-19-17-28-24-29(10-11-30(28)26-56)32-13-15-38(59)52-43(32)61/h7-12,14,16,18,24-25,32,54H,6,13,15,17,19-23,26-27H2,1-5H3,(H,49,50,51)(H,52,59,61). The van der Waals surface area contributed by atoms with Crippen LogP contribution in [-0.4, -0.2) is 108 Å². The molecular formula is C46H52F2N10O5S2. The predicted octanol–water partition coefficient (Wildman–Crippen LogP) is 6.42. The summed E-state index contributed by atoms with van der Waals surface area (Å²) in [5, 5.41) is 6.25. The molecule has 3 aliphatic rings. The fraction of sp³-hybridized carbons (Fsp3) is 0.391. The van der Waals surface area contributed by atoms with E-state index < -0.39 is 27.3 Å². The lowest BCUT2D eigenvalue weighted by molar-refractivity contribution is -0.134. The molecule has 3 aromatic carbocycles. The number of halogens is 2. The van der Waals surface area contributed by atoms with Crippen molar-refractivity contribution in [3.8, 4) is 21.8 Å². The first-order valence-corrected chi connectivity index (χ1v) is 23.9. The summed E-state index contributed by atoms with van der Waals surface area (Å²) < 4.78 is 61.0. The summed E-state index contributed by atoms with van der Waals surface area (Å²) in [5.41, 5.74) is 4.26. The van der Waals surface area contributed by atoms with E-state index in [0.717, 1.165) is 27.4 Å². The first-order valence-electron chi connectivity index (χ1n) is 21.6. The molecule has 1 unspecified atom stereocenters. The number of benzene rings is 3. The Hall–Kier alpha value is -5.89. The van der Waals surface area contributed by atoms with Crippen molar-refractivity contribution in [1.82, 2.24) is 34.4 Å². The molecule has 0 saturated carbocycles. The van der Waals surface area contributed by atoms with Gasteiger partial charge in [0.25, 0.3) is 0 Å². The Bertz CT molecular complexity index is 2750. The molecule has 2 saturated heterocycles. The van der Waals surface area contributed by atoms with Crippen LogP contribution in [0.3, 0.4) is 0 Å². The van der Waals surface area contributed by atoms with Crippen LogP contribution in [-0.2, 0) is 43.0 Å². The number of piperazine rings is 1. The van der Waals surface area contributed by atoms with Crippen molar-refractivity contribution in [3.05, 3.63) is 100 Å². The summed E-state index contributed by atoms with van der Waals surface area (Å²) in [4.78, 5) is 57.8. The van der Waals surface area contributed by atoms with Crippen LogP contribution in [0, 0.1) is 11.6 Å². The number of aromatic nitrogens is 3. The van der Waals surface area contributed by atoms with Gasteiger partial charge in [-0.1, -0.05) is 52.0 Å². The number of nitrogens with zero attached hydrogens (tertiary/aromatic N) is 7. The van der Waals surface area contributed by atoms with E-state index in [2.05, 4.69) is 31.3 Å². The van der Waals surface area contributed by atoms with Crippen molar-refractivity contribution in [1.29, 1.82) is 0 Å². The summed E-state index contributed by atoms with van der Waals surface area (Å²) in [6, 6.07) is 17.0. The van der Waals surface area contributed by atoms with E-state index in [0.29, 0.717) is 84.8 Å². The zero-order valence-electron chi connectivity index (χ0n) is 37.0. The molecule has 19 heteroatoms. The maximum Gasteiger partial charge on any atom is 0.301 e. The molecule has 5 aromatic rings. The van der Waals surface area contributed by atoms with Gasteiger partial charge < -0.3 is 15.1 Å². The molecule has 2 fully saturated rings. The van der Waals surface area contributed by atoms with Crippen LogP contribution in [0.4, 0.5) is 31.8 Å². The fourth-order valence-electron chi connectivity index (χ4n) is 8.18. The minimum Gasteiger partial charge on any atom is -0.366 e. The zero-order valence-corrected chi connectivity index (χ0v) is 38.6. The van der Waals surface area contributed by atoms with Crippen LogP contribution in [0.1, 0.15) is 68.2 Å². The Balaban J connectivity index is 0.900. The molecule has 5 heterocycles. The van der Waals surface area contributed by atoms with Gasteiger partial charge in [-0.2, -0.15) is 12.7 Å². The molecule has 0 aliphatic carbocycles. The quantitative estimate of drug-likeness (QED) is 0.118. The minimum absolute atomic E-state index is 0.0251. The average Bonchev–Trinajstić information content (AvgIpc) is 3.73. The van der Waals surface area contributed by atoms with Crippen molar-refractivity contribution in [3.63, 3.8) is 0 Å². The van der Waals surface area contributed by atoms with Crippen LogP contribution in [0.15, 0.2) is 66.9 Å². The second kappa shape index (κ2) is 18.5. The van der Waals surface area contributed by atoms with E-state index in [1.54, 1.807) is 43.5 Å². The van der Waals surface area contributed by atoms with Crippen LogP contribution in [0.2, 0.25) is 0 Å². The zero-order chi connectivity index (χ0) is 46.2. The average molecular weight is 927 g/mol. The Labute approximate surface area is 381 Å². The number of carbonyl (C=O) groups excluding carboxylic acids is 3. The molecule has 65 heavy (non-hydrogen) atoms. The first kappa shape index (κ1) is 45.7. The highest BCUT2D eigenvalue weighted by atomic mass is 32.2. The van der Waals surface area contributed by atoms with Gasteiger partial charge in [-0.25, -0.2) is 23.7 Å². The summed E-state index contributed by atoms with van der Waals surface area (Å²) in [6.07, 6.45) is 3.14.